The molecule has 2 aliphatic heterocycles. The van der Waals surface area contributed by atoms with E-state index in [2.05, 4.69) is 42.7 Å². The molecule has 0 aliphatic carbocycles. The second-order valence-electron chi connectivity index (χ2n) is 8.39. The molecule has 0 saturated carbocycles. The topological polar surface area (TPSA) is 89.3 Å². The molecule has 2 aliphatic rings. The van der Waals surface area contributed by atoms with Crippen molar-refractivity contribution in [3.63, 3.8) is 0 Å². The maximum Gasteiger partial charge on any atom is 0.252 e. The minimum absolute atomic E-state index is 0.132. The van der Waals surface area contributed by atoms with Gasteiger partial charge in [-0.25, -0.2) is 4.98 Å². The SMILES string of the molecule is CC1(C)CNc2cc(-c3ccc(C(N)=O)c(NCC4CCOCC4)n3)ccc21. The Bertz CT molecular complexity index is 888. The molecule has 0 bridgehead atoms. The minimum atomic E-state index is -0.467. The van der Waals surface area contributed by atoms with Crippen molar-refractivity contribution in [3.8, 4) is 11.3 Å². The van der Waals surface area contributed by atoms with Crippen LogP contribution in [0.2, 0.25) is 0 Å². The van der Waals surface area contributed by atoms with E-state index < -0.39 is 5.91 Å². The van der Waals surface area contributed by atoms with Gasteiger partial charge in [-0.15, -0.1) is 0 Å². The summed E-state index contributed by atoms with van der Waals surface area (Å²) >= 11 is 0. The number of ether oxygens (including phenoxy) is 1. The molecule has 148 valence electrons. The van der Waals surface area contributed by atoms with Crippen LogP contribution in [-0.2, 0) is 10.2 Å². The van der Waals surface area contributed by atoms with Crippen molar-refractivity contribution in [2.75, 3.05) is 36.9 Å². The van der Waals surface area contributed by atoms with Crippen LogP contribution in [0, 0.1) is 5.92 Å². The van der Waals surface area contributed by atoms with E-state index in [4.69, 9.17) is 15.5 Å². The summed E-state index contributed by atoms with van der Waals surface area (Å²) in [6.07, 6.45) is 2.04. The van der Waals surface area contributed by atoms with Crippen LogP contribution >= 0.6 is 0 Å². The molecule has 4 rings (SSSR count). The number of anilines is 2. The van der Waals surface area contributed by atoms with Gasteiger partial charge in [-0.1, -0.05) is 26.0 Å². The van der Waals surface area contributed by atoms with E-state index in [0.29, 0.717) is 17.3 Å². The predicted octanol–water partition coefficient (Wildman–Crippen LogP) is 3.39. The molecule has 1 aromatic heterocycles. The molecule has 28 heavy (non-hydrogen) atoms. The average Bonchev–Trinajstić information content (AvgIpc) is 3.01. The Balaban J connectivity index is 1.60. The summed E-state index contributed by atoms with van der Waals surface area (Å²) in [6.45, 7) is 7.76. The number of nitrogens with zero attached hydrogens (tertiary/aromatic N) is 1. The summed E-state index contributed by atoms with van der Waals surface area (Å²) in [5, 5.41) is 6.84. The van der Waals surface area contributed by atoms with E-state index in [1.807, 2.05) is 6.07 Å². The molecule has 1 amide bonds. The fourth-order valence-electron chi connectivity index (χ4n) is 4.00. The molecule has 1 saturated heterocycles. The fourth-order valence-corrected chi connectivity index (χ4v) is 4.00. The highest BCUT2D eigenvalue weighted by molar-refractivity contribution is 5.98. The van der Waals surface area contributed by atoms with Crippen molar-refractivity contribution in [3.05, 3.63) is 41.5 Å². The standard InChI is InChI=1S/C22H28N4O2/c1-22(2)13-25-19-11-15(3-5-17(19)22)18-6-4-16(20(23)27)21(26-18)24-12-14-7-9-28-10-8-14/h3-6,11,14,25H,7-10,12-13H2,1-2H3,(H2,23,27)(H,24,26). The van der Waals surface area contributed by atoms with Gasteiger partial charge >= 0.3 is 0 Å². The van der Waals surface area contributed by atoms with E-state index in [1.54, 1.807) is 6.07 Å². The summed E-state index contributed by atoms with van der Waals surface area (Å²) in [5.74, 6) is 0.613. The molecular weight excluding hydrogens is 352 g/mol. The molecule has 1 fully saturated rings. The molecule has 3 heterocycles. The number of aromatic nitrogens is 1. The van der Waals surface area contributed by atoms with Gasteiger partial charge in [0.2, 0.25) is 0 Å². The van der Waals surface area contributed by atoms with Crippen LogP contribution in [0.5, 0.6) is 0 Å². The third-order valence-corrected chi connectivity index (χ3v) is 5.83. The lowest BCUT2D eigenvalue weighted by Crippen LogP contribution is -2.24. The number of hydrogen-bond donors (Lipinski definition) is 3. The quantitative estimate of drug-likeness (QED) is 0.740. The van der Waals surface area contributed by atoms with Gasteiger partial charge in [0.1, 0.15) is 5.82 Å². The Hall–Kier alpha value is -2.60. The van der Waals surface area contributed by atoms with Gasteiger partial charge in [0.15, 0.2) is 0 Å². The zero-order chi connectivity index (χ0) is 19.7. The van der Waals surface area contributed by atoms with Crippen molar-refractivity contribution < 1.29 is 9.53 Å². The Morgan fingerprint density at radius 2 is 2.07 bits per heavy atom. The van der Waals surface area contributed by atoms with Crippen LogP contribution in [0.1, 0.15) is 42.6 Å². The highest BCUT2D eigenvalue weighted by Crippen LogP contribution is 2.38. The summed E-state index contributed by atoms with van der Waals surface area (Å²) in [5.41, 5.74) is 10.5. The highest BCUT2D eigenvalue weighted by atomic mass is 16.5. The first-order valence-electron chi connectivity index (χ1n) is 9.95. The summed E-state index contributed by atoms with van der Waals surface area (Å²) in [7, 11) is 0. The number of benzene rings is 1. The first-order valence-corrected chi connectivity index (χ1v) is 9.95. The van der Waals surface area contributed by atoms with Crippen LogP contribution in [-0.4, -0.2) is 37.2 Å². The molecule has 4 N–H and O–H groups in total. The van der Waals surface area contributed by atoms with Gasteiger partial charge in [-0.3, -0.25) is 4.79 Å². The van der Waals surface area contributed by atoms with Gasteiger partial charge in [-0.2, -0.15) is 0 Å². The number of amides is 1. The average molecular weight is 380 g/mol. The number of rotatable bonds is 5. The number of hydrogen-bond acceptors (Lipinski definition) is 5. The number of primary amides is 1. The van der Waals surface area contributed by atoms with E-state index in [-0.39, 0.29) is 5.41 Å². The molecular formula is C22H28N4O2. The summed E-state index contributed by atoms with van der Waals surface area (Å²) in [6, 6.07) is 10.0. The molecule has 0 unspecified atom stereocenters. The maximum atomic E-state index is 11.9. The Kier molecular flexibility index (Phi) is 4.98. The molecule has 0 radical (unpaired) electrons. The van der Waals surface area contributed by atoms with Crippen LogP contribution in [0.25, 0.3) is 11.3 Å². The van der Waals surface area contributed by atoms with Crippen molar-refractivity contribution in [1.82, 2.24) is 4.98 Å². The third kappa shape index (κ3) is 3.69. The van der Waals surface area contributed by atoms with Crippen molar-refractivity contribution >= 4 is 17.4 Å². The molecule has 0 atom stereocenters. The summed E-state index contributed by atoms with van der Waals surface area (Å²) < 4.78 is 5.42. The van der Waals surface area contributed by atoms with E-state index in [9.17, 15) is 4.79 Å². The second kappa shape index (κ2) is 7.43. The normalized spacial score (nSPS) is 18.4. The Morgan fingerprint density at radius 1 is 1.29 bits per heavy atom. The number of pyridine rings is 1. The first-order chi connectivity index (χ1) is 13.4. The third-order valence-electron chi connectivity index (χ3n) is 5.83. The summed E-state index contributed by atoms with van der Waals surface area (Å²) in [4.78, 5) is 16.6. The van der Waals surface area contributed by atoms with Gasteiger partial charge in [0.05, 0.1) is 11.3 Å². The number of carbonyl (C=O) groups excluding carboxylic acids is 1. The van der Waals surface area contributed by atoms with Crippen molar-refractivity contribution in [1.29, 1.82) is 0 Å². The van der Waals surface area contributed by atoms with Crippen LogP contribution in [0.15, 0.2) is 30.3 Å². The largest absolute Gasteiger partial charge is 0.384 e. The lowest BCUT2D eigenvalue weighted by atomic mass is 9.86. The number of nitrogens with two attached hydrogens (primary N) is 1. The molecule has 0 spiro atoms. The van der Waals surface area contributed by atoms with Gasteiger partial charge < -0.3 is 21.1 Å². The first kappa shape index (κ1) is 18.7. The number of fused-ring (bicyclic) bond motifs is 1. The van der Waals surface area contributed by atoms with E-state index in [0.717, 1.165) is 56.1 Å². The number of nitrogens with one attached hydrogen (secondary N) is 2. The Labute approximate surface area is 165 Å². The molecule has 1 aromatic carbocycles. The number of carbonyl (C=O) groups is 1. The molecule has 6 heteroatoms. The highest BCUT2D eigenvalue weighted by Gasteiger charge is 2.29. The van der Waals surface area contributed by atoms with Gasteiger partial charge in [0, 0.05) is 43.0 Å². The van der Waals surface area contributed by atoms with E-state index in [1.165, 1.54) is 5.56 Å². The van der Waals surface area contributed by atoms with Crippen molar-refractivity contribution in [2.45, 2.75) is 32.1 Å². The van der Waals surface area contributed by atoms with Crippen LogP contribution in [0.4, 0.5) is 11.5 Å². The van der Waals surface area contributed by atoms with E-state index >= 15 is 0 Å². The van der Waals surface area contributed by atoms with Gasteiger partial charge in [-0.05, 0) is 42.5 Å². The van der Waals surface area contributed by atoms with Crippen LogP contribution < -0.4 is 16.4 Å². The van der Waals surface area contributed by atoms with Crippen LogP contribution in [0.3, 0.4) is 0 Å². The zero-order valence-electron chi connectivity index (χ0n) is 16.5. The fraction of sp³-hybridized carbons (Fsp3) is 0.455. The zero-order valence-corrected chi connectivity index (χ0v) is 16.5. The van der Waals surface area contributed by atoms with Crippen molar-refractivity contribution in [2.24, 2.45) is 11.7 Å². The lowest BCUT2D eigenvalue weighted by Gasteiger charge is -2.23. The monoisotopic (exact) mass is 380 g/mol. The molecule has 2 aromatic rings. The minimum Gasteiger partial charge on any atom is -0.384 e. The smallest absolute Gasteiger partial charge is 0.252 e. The second-order valence-corrected chi connectivity index (χ2v) is 8.39. The molecule has 6 nitrogen and oxygen atoms in total. The lowest BCUT2D eigenvalue weighted by molar-refractivity contribution is 0.0699. The Morgan fingerprint density at radius 3 is 2.82 bits per heavy atom. The predicted molar refractivity (Wildman–Crippen MR) is 112 cm³/mol. The van der Waals surface area contributed by atoms with Gasteiger partial charge in [0.25, 0.3) is 5.91 Å². The maximum absolute atomic E-state index is 11.9.